The molecular weight excluding hydrogens is 322 g/mol. The smallest absolute Gasteiger partial charge is 0.226 e. The van der Waals surface area contributed by atoms with Gasteiger partial charge in [0.25, 0.3) is 0 Å². The van der Waals surface area contributed by atoms with Gasteiger partial charge in [-0.05, 0) is 56.5 Å². The summed E-state index contributed by atoms with van der Waals surface area (Å²) < 4.78 is 0. The van der Waals surface area contributed by atoms with Gasteiger partial charge in [0.2, 0.25) is 5.91 Å². The van der Waals surface area contributed by atoms with E-state index in [-0.39, 0.29) is 12.0 Å². The molecule has 4 rings (SSSR count). The highest BCUT2D eigenvalue weighted by Gasteiger charge is 2.35. The molecule has 0 unspecified atom stereocenters. The van der Waals surface area contributed by atoms with E-state index in [1.807, 2.05) is 18.3 Å². The van der Waals surface area contributed by atoms with E-state index in [9.17, 15) is 4.79 Å². The molecule has 2 fully saturated rings. The Morgan fingerprint density at radius 3 is 2.46 bits per heavy atom. The van der Waals surface area contributed by atoms with Crippen LogP contribution in [0.1, 0.15) is 43.0 Å². The van der Waals surface area contributed by atoms with Crippen molar-refractivity contribution >= 4 is 5.91 Å². The van der Waals surface area contributed by atoms with Crippen LogP contribution in [0.3, 0.4) is 0 Å². The number of piperidine rings is 1. The van der Waals surface area contributed by atoms with Gasteiger partial charge < -0.3 is 4.90 Å². The van der Waals surface area contributed by atoms with Crippen molar-refractivity contribution in [3.05, 3.63) is 66.0 Å². The maximum atomic E-state index is 13.1. The van der Waals surface area contributed by atoms with Gasteiger partial charge in [0.05, 0.1) is 11.7 Å². The van der Waals surface area contributed by atoms with Gasteiger partial charge in [0.1, 0.15) is 0 Å². The Morgan fingerprint density at radius 2 is 1.73 bits per heavy atom. The molecule has 136 valence electrons. The van der Waals surface area contributed by atoms with E-state index < -0.39 is 0 Å². The van der Waals surface area contributed by atoms with Gasteiger partial charge in [-0.3, -0.25) is 14.7 Å². The quantitative estimate of drug-likeness (QED) is 0.845. The highest BCUT2D eigenvalue weighted by atomic mass is 16.2. The molecule has 0 aliphatic carbocycles. The van der Waals surface area contributed by atoms with Crippen LogP contribution in [0.4, 0.5) is 0 Å². The standard InChI is InChI=1S/C22H27N3O/c26-22(25-14-6-10-21(25)20-9-4-5-13-23-20)19-11-15-24(16-12-19)17-18-7-2-1-3-8-18/h1-5,7-9,13,19,21H,6,10-12,14-17H2/t21-/m0/s1. The lowest BCUT2D eigenvalue weighted by molar-refractivity contribution is -0.138. The van der Waals surface area contributed by atoms with Gasteiger partial charge in [0, 0.05) is 25.2 Å². The highest BCUT2D eigenvalue weighted by molar-refractivity contribution is 5.79. The molecule has 0 radical (unpaired) electrons. The summed E-state index contributed by atoms with van der Waals surface area (Å²) in [6.45, 7) is 3.88. The average Bonchev–Trinajstić information content (AvgIpc) is 3.19. The molecule has 0 N–H and O–H groups in total. The molecule has 2 aliphatic heterocycles. The summed E-state index contributed by atoms with van der Waals surface area (Å²) in [5, 5.41) is 0. The van der Waals surface area contributed by atoms with E-state index in [0.29, 0.717) is 5.91 Å². The van der Waals surface area contributed by atoms with Crippen LogP contribution in [0, 0.1) is 5.92 Å². The van der Waals surface area contributed by atoms with E-state index in [2.05, 4.69) is 51.2 Å². The minimum absolute atomic E-state index is 0.172. The summed E-state index contributed by atoms with van der Waals surface area (Å²) in [6.07, 6.45) is 5.89. The van der Waals surface area contributed by atoms with E-state index in [1.54, 1.807) is 0 Å². The van der Waals surface area contributed by atoms with E-state index in [0.717, 1.165) is 57.6 Å². The van der Waals surface area contributed by atoms with Crippen molar-refractivity contribution in [3.8, 4) is 0 Å². The van der Waals surface area contributed by atoms with Crippen LogP contribution in [0.25, 0.3) is 0 Å². The second-order valence-corrected chi connectivity index (χ2v) is 7.48. The lowest BCUT2D eigenvalue weighted by atomic mass is 9.94. The maximum Gasteiger partial charge on any atom is 0.226 e. The molecule has 2 saturated heterocycles. The third kappa shape index (κ3) is 3.80. The van der Waals surface area contributed by atoms with Gasteiger partial charge in [-0.1, -0.05) is 36.4 Å². The van der Waals surface area contributed by atoms with Crippen LogP contribution >= 0.6 is 0 Å². The van der Waals surface area contributed by atoms with Gasteiger partial charge in [-0.25, -0.2) is 0 Å². The number of rotatable bonds is 4. The lowest BCUT2D eigenvalue weighted by Crippen LogP contribution is -2.42. The van der Waals surface area contributed by atoms with Crippen molar-refractivity contribution in [2.45, 2.75) is 38.3 Å². The summed E-state index contributed by atoms with van der Waals surface area (Å²) in [7, 11) is 0. The summed E-state index contributed by atoms with van der Waals surface area (Å²) in [5.74, 6) is 0.517. The number of pyridine rings is 1. The summed E-state index contributed by atoms with van der Waals surface area (Å²) in [4.78, 5) is 22.2. The number of benzene rings is 1. The second-order valence-electron chi connectivity index (χ2n) is 7.48. The molecule has 2 aromatic rings. The lowest BCUT2D eigenvalue weighted by Gasteiger charge is -2.34. The molecule has 4 nitrogen and oxygen atoms in total. The zero-order valence-corrected chi connectivity index (χ0v) is 15.3. The van der Waals surface area contributed by atoms with Crippen molar-refractivity contribution in [2.75, 3.05) is 19.6 Å². The maximum absolute atomic E-state index is 13.1. The fourth-order valence-corrected chi connectivity index (χ4v) is 4.33. The number of nitrogens with zero attached hydrogens (tertiary/aromatic N) is 3. The fraction of sp³-hybridized carbons (Fsp3) is 0.455. The molecule has 1 aromatic heterocycles. The van der Waals surface area contributed by atoms with Crippen molar-refractivity contribution in [1.29, 1.82) is 0 Å². The van der Waals surface area contributed by atoms with Crippen molar-refractivity contribution < 1.29 is 4.79 Å². The molecule has 4 heteroatoms. The molecule has 0 saturated carbocycles. The summed E-state index contributed by atoms with van der Waals surface area (Å²) >= 11 is 0. The monoisotopic (exact) mass is 349 g/mol. The first kappa shape index (κ1) is 17.2. The normalized spacial score (nSPS) is 21.8. The molecule has 2 aliphatic rings. The fourth-order valence-electron chi connectivity index (χ4n) is 4.33. The first-order chi connectivity index (χ1) is 12.8. The van der Waals surface area contributed by atoms with Crippen LogP contribution in [-0.4, -0.2) is 40.3 Å². The molecule has 0 bridgehead atoms. The number of hydrogen-bond acceptors (Lipinski definition) is 3. The first-order valence-corrected chi connectivity index (χ1v) is 9.79. The molecule has 1 atom stereocenters. The Labute approximate surface area is 155 Å². The van der Waals surface area contributed by atoms with E-state index in [4.69, 9.17) is 0 Å². The third-order valence-corrected chi connectivity index (χ3v) is 5.75. The Hall–Kier alpha value is -2.20. The van der Waals surface area contributed by atoms with Gasteiger partial charge in [-0.2, -0.15) is 0 Å². The largest absolute Gasteiger partial charge is 0.334 e. The van der Waals surface area contributed by atoms with E-state index >= 15 is 0 Å². The summed E-state index contributed by atoms with van der Waals surface area (Å²) in [5.41, 5.74) is 2.40. The molecule has 3 heterocycles. The molecule has 26 heavy (non-hydrogen) atoms. The number of carbonyl (C=O) groups is 1. The second kappa shape index (κ2) is 8.00. The number of amides is 1. The Balaban J connectivity index is 1.34. The number of aromatic nitrogens is 1. The van der Waals surface area contributed by atoms with E-state index in [1.165, 1.54) is 5.56 Å². The highest BCUT2D eigenvalue weighted by Crippen LogP contribution is 2.33. The van der Waals surface area contributed by atoms with Gasteiger partial charge in [-0.15, -0.1) is 0 Å². The minimum Gasteiger partial charge on any atom is -0.334 e. The Morgan fingerprint density at radius 1 is 0.962 bits per heavy atom. The summed E-state index contributed by atoms with van der Waals surface area (Å²) in [6, 6.07) is 16.8. The van der Waals surface area contributed by atoms with Crippen molar-refractivity contribution in [3.63, 3.8) is 0 Å². The predicted octanol–water partition coefficient (Wildman–Crippen LogP) is 3.66. The molecular formula is C22H27N3O. The average molecular weight is 349 g/mol. The predicted molar refractivity (Wildman–Crippen MR) is 102 cm³/mol. The van der Waals surface area contributed by atoms with Gasteiger partial charge >= 0.3 is 0 Å². The topological polar surface area (TPSA) is 36.4 Å². The van der Waals surface area contributed by atoms with Crippen LogP contribution in [0.2, 0.25) is 0 Å². The molecule has 0 spiro atoms. The number of hydrogen-bond donors (Lipinski definition) is 0. The van der Waals surface area contributed by atoms with Gasteiger partial charge in [0.15, 0.2) is 0 Å². The minimum atomic E-state index is 0.172. The number of likely N-dealkylation sites (tertiary alicyclic amines) is 2. The van der Waals surface area contributed by atoms with Crippen LogP contribution in [-0.2, 0) is 11.3 Å². The number of carbonyl (C=O) groups excluding carboxylic acids is 1. The van der Waals surface area contributed by atoms with Crippen LogP contribution in [0.15, 0.2) is 54.7 Å². The zero-order valence-electron chi connectivity index (χ0n) is 15.3. The third-order valence-electron chi connectivity index (χ3n) is 5.75. The molecule has 1 amide bonds. The van der Waals surface area contributed by atoms with Crippen LogP contribution < -0.4 is 0 Å². The first-order valence-electron chi connectivity index (χ1n) is 9.79. The zero-order chi connectivity index (χ0) is 17.8. The Bertz CT molecular complexity index is 711. The van der Waals surface area contributed by atoms with Crippen molar-refractivity contribution in [2.24, 2.45) is 5.92 Å². The van der Waals surface area contributed by atoms with Crippen molar-refractivity contribution in [1.82, 2.24) is 14.8 Å². The molecule has 1 aromatic carbocycles. The Kier molecular flexibility index (Phi) is 5.30. The SMILES string of the molecule is O=C(C1CCN(Cc2ccccc2)CC1)N1CCC[C@H]1c1ccccn1. The van der Waals surface area contributed by atoms with Crippen LogP contribution in [0.5, 0.6) is 0 Å².